The lowest BCUT2D eigenvalue weighted by atomic mass is 10.3. The summed E-state index contributed by atoms with van der Waals surface area (Å²) >= 11 is 0. The van der Waals surface area contributed by atoms with Crippen molar-refractivity contribution < 1.29 is 18.0 Å². The highest BCUT2D eigenvalue weighted by atomic mass is 19.4. The van der Waals surface area contributed by atoms with Gasteiger partial charge < -0.3 is 10.2 Å². The van der Waals surface area contributed by atoms with E-state index in [0.29, 0.717) is 0 Å². The smallest absolute Gasteiger partial charge is 0.329 e. The summed E-state index contributed by atoms with van der Waals surface area (Å²) in [5, 5.41) is 10.0. The first-order chi connectivity index (χ1) is 6.28. The Balaban J connectivity index is 4.05. The second-order valence-electron chi connectivity index (χ2n) is 2.69. The molecule has 2 amide bonds. The van der Waals surface area contributed by atoms with Crippen LogP contribution in [0.3, 0.4) is 0 Å². The number of alkyl halides is 3. The zero-order chi connectivity index (χ0) is 11.4. The number of carbonyl (C=O) groups excluding carboxylic acids is 1. The Morgan fingerprint density at radius 3 is 2.50 bits per heavy atom. The van der Waals surface area contributed by atoms with E-state index in [1.807, 2.05) is 0 Å². The topological polar surface area (TPSA) is 56.1 Å². The molecule has 0 rings (SSSR count). The van der Waals surface area contributed by atoms with Gasteiger partial charge in [-0.1, -0.05) is 0 Å². The predicted octanol–water partition coefficient (Wildman–Crippen LogP) is 1.10. The van der Waals surface area contributed by atoms with Crippen LogP contribution in [0.2, 0.25) is 0 Å². The molecule has 0 aliphatic rings. The molecule has 0 fully saturated rings. The van der Waals surface area contributed by atoms with Gasteiger partial charge in [0.15, 0.2) is 0 Å². The van der Waals surface area contributed by atoms with Crippen molar-refractivity contribution in [1.82, 2.24) is 10.2 Å². The lowest BCUT2D eigenvalue weighted by Crippen LogP contribution is -2.45. The number of rotatable bonds is 2. The van der Waals surface area contributed by atoms with Gasteiger partial charge >= 0.3 is 12.2 Å². The van der Waals surface area contributed by atoms with Gasteiger partial charge in [-0.05, 0) is 6.92 Å². The Bertz CT molecular complexity index is 246. The second-order valence-corrected chi connectivity index (χ2v) is 2.69. The molecule has 0 saturated heterocycles. The molecule has 1 atom stereocenters. The summed E-state index contributed by atoms with van der Waals surface area (Å²) in [6, 6.07) is 0.0457. The molecule has 1 N–H and O–H groups in total. The van der Waals surface area contributed by atoms with Crippen LogP contribution in [0.1, 0.15) is 6.92 Å². The molecule has 80 valence electrons. The molecule has 4 nitrogen and oxygen atoms in total. The monoisotopic (exact) mass is 209 g/mol. The molecule has 0 aromatic heterocycles. The lowest BCUT2D eigenvalue weighted by Gasteiger charge is -2.20. The fourth-order valence-corrected chi connectivity index (χ4v) is 0.563. The van der Waals surface area contributed by atoms with Crippen LogP contribution in [0.25, 0.3) is 0 Å². The Morgan fingerprint density at radius 1 is 1.64 bits per heavy atom. The molecule has 1 unspecified atom stereocenters. The number of urea groups is 1. The molecule has 0 aromatic rings. The van der Waals surface area contributed by atoms with E-state index in [2.05, 4.69) is 0 Å². The summed E-state index contributed by atoms with van der Waals surface area (Å²) in [5.74, 6) is 0. The SMILES string of the molecule is CC(C#N)N(C)C(=O)NCC(F)(F)F. The summed E-state index contributed by atoms with van der Waals surface area (Å²) in [6.07, 6.45) is -4.44. The molecule has 0 aliphatic carbocycles. The van der Waals surface area contributed by atoms with E-state index in [0.717, 1.165) is 4.90 Å². The Labute approximate surface area is 79.3 Å². The molecule has 0 bridgehead atoms. The van der Waals surface area contributed by atoms with E-state index in [4.69, 9.17) is 5.26 Å². The highest BCUT2D eigenvalue weighted by molar-refractivity contribution is 5.74. The van der Waals surface area contributed by atoms with Crippen molar-refractivity contribution in [3.05, 3.63) is 0 Å². The van der Waals surface area contributed by atoms with E-state index < -0.39 is 24.8 Å². The van der Waals surface area contributed by atoms with Gasteiger partial charge in [0.05, 0.1) is 6.07 Å². The Kier molecular flexibility index (Phi) is 4.21. The molecular formula is C7H10F3N3O. The first-order valence-corrected chi connectivity index (χ1v) is 3.75. The van der Waals surface area contributed by atoms with Crippen LogP contribution in [-0.4, -0.2) is 36.7 Å². The van der Waals surface area contributed by atoms with Crippen LogP contribution in [-0.2, 0) is 0 Å². The van der Waals surface area contributed by atoms with Crippen molar-refractivity contribution >= 4 is 6.03 Å². The minimum atomic E-state index is -4.44. The number of nitrogens with zero attached hydrogens (tertiary/aromatic N) is 2. The number of hydrogen-bond acceptors (Lipinski definition) is 2. The summed E-state index contributed by atoms with van der Waals surface area (Å²) in [5.41, 5.74) is 0. The fraction of sp³-hybridized carbons (Fsp3) is 0.714. The first-order valence-electron chi connectivity index (χ1n) is 3.75. The molecule has 0 saturated carbocycles. The fourth-order valence-electron chi connectivity index (χ4n) is 0.563. The standard InChI is InChI=1S/C7H10F3N3O/c1-5(3-11)13(2)6(14)12-4-7(8,9)10/h5H,4H2,1-2H3,(H,12,14). The Hall–Kier alpha value is -1.45. The van der Waals surface area contributed by atoms with Crippen molar-refractivity contribution in [1.29, 1.82) is 5.26 Å². The number of hydrogen-bond donors (Lipinski definition) is 1. The van der Waals surface area contributed by atoms with Crippen molar-refractivity contribution in [2.45, 2.75) is 19.1 Å². The minimum Gasteiger partial charge on any atom is -0.329 e. The third-order valence-electron chi connectivity index (χ3n) is 1.53. The van der Waals surface area contributed by atoms with Gasteiger partial charge in [-0.25, -0.2) is 4.79 Å². The van der Waals surface area contributed by atoms with Gasteiger partial charge in [-0.3, -0.25) is 0 Å². The van der Waals surface area contributed by atoms with Gasteiger partial charge in [0, 0.05) is 7.05 Å². The van der Waals surface area contributed by atoms with Gasteiger partial charge in [0.2, 0.25) is 0 Å². The number of nitrogens with one attached hydrogen (secondary N) is 1. The van der Waals surface area contributed by atoms with E-state index in [9.17, 15) is 18.0 Å². The highest BCUT2D eigenvalue weighted by Gasteiger charge is 2.28. The summed E-state index contributed by atoms with van der Waals surface area (Å²) in [4.78, 5) is 11.8. The van der Waals surface area contributed by atoms with Gasteiger partial charge in [-0.15, -0.1) is 0 Å². The van der Waals surface area contributed by atoms with Crippen molar-refractivity contribution in [2.75, 3.05) is 13.6 Å². The van der Waals surface area contributed by atoms with Crippen LogP contribution >= 0.6 is 0 Å². The zero-order valence-electron chi connectivity index (χ0n) is 7.72. The molecule has 0 aromatic carbocycles. The average molecular weight is 209 g/mol. The van der Waals surface area contributed by atoms with E-state index in [1.165, 1.54) is 14.0 Å². The van der Waals surface area contributed by atoms with Crippen LogP contribution in [0.15, 0.2) is 0 Å². The largest absolute Gasteiger partial charge is 0.405 e. The second kappa shape index (κ2) is 4.69. The van der Waals surface area contributed by atoms with E-state index in [1.54, 1.807) is 11.4 Å². The summed E-state index contributed by atoms with van der Waals surface area (Å²) < 4.78 is 35.0. The van der Waals surface area contributed by atoms with E-state index >= 15 is 0 Å². The van der Waals surface area contributed by atoms with Crippen molar-refractivity contribution in [3.8, 4) is 6.07 Å². The van der Waals surface area contributed by atoms with E-state index in [-0.39, 0.29) is 0 Å². The quantitative estimate of drug-likeness (QED) is 0.740. The van der Waals surface area contributed by atoms with Gasteiger partial charge in [0.25, 0.3) is 0 Å². The highest BCUT2D eigenvalue weighted by Crippen LogP contribution is 2.12. The third kappa shape index (κ3) is 4.54. The first kappa shape index (κ1) is 12.6. The molecule has 14 heavy (non-hydrogen) atoms. The van der Waals surface area contributed by atoms with Gasteiger partial charge in [-0.2, -0.15) is 18.4 Å². The lowest BCUT2D eigenvalue weighted by molar-refractivity contribution is -0.123. The maximum absolute atomic E-state index is 11.7. The normalized spacial score (nSPS) is 12.9. The summed E-state index contributed by atoms with van der Waals surface area (Å²) in [7, 11) is 1.25. The van der Waals surface area contributed by atoms with Crippen LogP contribution in [0, 0.1) is 11.3 Å². The zero-order valence-corrected chi connectivity index (χ0v) is 7.72. The number of carbonyl (C=O) groups is 1. The molecule has 0 heterocycles. The maximum atomic E-state index is 11.7. The number of amides is 2. The maximum Gasteiger partial charge on any atom is 0.405 e. The molecule has 7 heteroatoms. The van der Waals surface area contributed by atoms with Crippen LogP contribution in [0.4, 0.5) is 18.0 Å². The molecule has 0 aliphatic heterocycles. The van der Waals surface area contributed by atoms with Crippen LogP contribution in [0.5, 0.6) is 0 Å². The molecule has 0 spiro atoms. The predicted molar refractivity (Wildman–Crippen MR) is 42.3 cm³/mol. The third-order valence-corrected chi connectivity index (χ3v) is 1.53. The van der Waals surface area contributed by atoms with Gasteiger partial charge in [0.1, 0.15) is 12.6 Å². The summed E-state index contributed by atoms with van der Waals surface area (Å²) in [6.45, 7) is 0.0154. The van der Waals surface area contributed by atoms with Crippen molar-refractivity contribution in [3.63, 3.8) is 0 Å². The minimum absolute atomic E-state index is 0.761. The number of halogens is 3. The Morgan fingerprint density at radius 2 is 2.14 bits per heavy atom. The molecular weight excluding hydrogens is 199 g/mol. The number of nitriles is 1. The van der Waals surface area contributed by atoms with Crippen molar-refractivity contribution in [2.24, 2.45) is 0 Å². The average Bonchev–Trinajstić information content (AvgIpc) is 2.10. The van der Waals surface area contributed by atoms with Crippen LogP contribution < -0.4 is 5.32 Å². The molecule has 0 radical (unpaired) electrons.